The lowest BCUT2D eigenvalue weighted by Crippen LogP contribution is -2.58. The molecule has 0 saturated carbocycles. The van der Waals surface area contributed by atoms with Crippen molar-refractivity contribution in [1.29, 1.82) is 0 Å². The number of hydrogen-bond donors (Lipinski definition) is 1. The Bertz CT molecular complexity index is 812. The van der Waals surface area contributed by atoms with E-state index in [4.69, 9.17) is 0 Å². The molecule has 1 fully saturated rings. The molecule has 23 heavy (non-hydrogen) atoms. The van der Waals surface area contributed by atoms with E-state index in [9.17, 15) is 0 Å². The number of hydrogen-bond acceptors (Lipinski definition) is 4. The Labute approximate surface area is 136 Å². The maximum Gasteiger partial charge on any atom is 0.140 e. The summed E-state index contributed by atoms with van der Waals surface area (Å²) < 4.78 is 0. The molecule has 1 aliphatic rings. The molecule has 2 aromatic carbocycles. The highest BCUT2D eigenvalue weighted by molar-refractivity contribution is 5.89. The van der Waals surface area contributed by atoms with Gasteiger partial charge in [0.05, 0.1) is 11.1 Å². The summed E-state index contributed by atoms with van der Waals surface area (Å²) in [6.07, 6.45) is 1.67. The van der Waals surface area contributed by atoms with Crippen molar-refractivity contribution < 1.29 is 0 Å². The molecule has 0 bridgehead atoms. The number of aromatic nitrogens is 2. The van der Waals surface area contributed by atoms with Gasteiger partial charge in [-0.05, 0) is 24.6 Å². The van der Waals surface area contributed by atoms with Gasteiger partial charge in [-0.1, -0.05) is 42.5 Å². The molecular weight excluding hydrogens is 284 g/mol. The molecule has 1 aromatic heterocycles. The quantitative estimate of drug-likeness (QED) is 0.790. The topological polar surface area (TPSA) is 41.0 Å². The van der Waals surface area contributed by atoms with E-state index in [1.807, 2.05) is 12.1 Å². The third-order valence-corrected chi connectivity index (χ3v) is 4.75. The third kappa shape index (κ3) is 2.35. The minimum atomic E-state index is -0.128. The molecule has 116 valence electrons. The van der Waals surface area contributed by atoms with Crippen molar-refractivity contribution in [3.8, 4) is 0 Å². The first-order valence-electron chi connectivity index (χ1n) is 8.03. The van der Waals surface area contributed by atoms with E-state index in [-0.39, 0.29) is 5.54 Å². The number of rotatable bonds is 2. The van der Waals surface area contributed by atoms with Crippen LogP contribution in [0.2, 0.25) is 0 Å². The summed E-state index contributed by atoms with van der Waals surface area (Å²) in [6, 6.07) is 18.9. The molecule has 0 spiro atoms. The van der Waals surface area contributed by atoms with Gasteiger partial charge in [-0.15, -0.1) is 0 Å². The van der Waals surface area contributed by atoms with Gasteiger partial charge in [0.1, 0.15) is 12.1 Å². The van der Waals surface area contributed by atoms with Crippen LogP contribution in [0.5, 0.6) is 0 Å². The van der Waals surface area contributed by atoms with Crippen LogP contribution in [-0.4, -0.2) is 29.6 Å². The second-order valence-electron chi connectivity index (χ2n) is 6.18. The Morgan fingerprint density at radius 2 is 1.78 bits per heavy atom. The molecular formula is C19H20N4. The first kappa shape index (κ1) is 14.2. The van der Waals surface area contributed by atoms with Crippen molar-refractivity contribution >= 4 is 16.7 Å². The van der Waals surface area contributed by atoms with Gasteiger partial charge in [0.2, 0.25) is 0 Å². The Balaban J connectivity index is 1.88. The van der Waals surface area contributed by atoms with E-state index in [1.165, 1.54) is 5.56 Å². The highest BCUT2D eigenvalue weighted by Gasteiger charge is 2.37. The van der Waals surface area contributed by atoms with E-state index < -0.39 is 0 Å². The van der Waals surface area contributed by atoms with Gasteiger partial charge in [0.25, 0.3) is 0 Å². The van der Waals surface area contributed by atoms with Crippen LogP contribution in [0.4, 0.5) is 5.82 Å². The van der Waals surface area contributed by atoms with E-state index in [1.54, 1.807) is 6.33 Å². The average molecular weight is 304 g/mol. The molecule has 1 N–H and O–H groups in total. The molecule has 1 aliphatic heterocycles. The van der Waals surface area contributed by atoms with Crippen molar-refractivity contribution in [1.82, 2.24) is 15.3 Å². The van der Waals surface area contributed by atoms with Gasteiger partial charge in [-0.3, -0.25) is 0 Å². The molecule has 0 radical (unpaired) electrons. The van der Waals surface area contributed by atoms with Gasteiger partial charge >= 0.3 is 0 Å². The zero-order valence-electron chi connectivity index (χ0n) is 13.2. The van der Waals surface area contributed by atoms with Gasteiger partial charge < -0.3 is 10.2 Å². The lowest BCUT2D eigenvalue weighted by molar-refractivity contribution is 0.359. The summed E-state index contributed by atoms with van der Waals surface area (Å²) in [5.74, 6) is 1.02. The lowest BCUT2D eigenvalue weighted by atomic mass is 9.88. The van der Waals surface area contributed by atoms with Crippen molar-refractivity contribution in [2.45, 2.75) is 12.5 Å². The maximum atomic E-state index is 4.64. The second-order valence-corrected chi connectivity index (χ2v) is 6.18. The Morgan fingerprint density at radius 1 is 1.00 bits per heavy atom. The largest absolute Gasteiger partial charge is 0.344 e. The third-order valence-electron chi connectivity index (χ3n) is 4.75. The summed E-state index contributed by atoms with van der Waals surface area (Å²) in [4.78, 5) is 11.5. The maximum absolute atomic E-state index is 4.64. The number of piperazine rings is 1. The molecule has 4 nitrogen and oxygen atoms in total. The molecule has 0 amide bonds. The van der Waals surface area contributed by atoms with E-state index >= 15 is 0 Å². The number of nitrogens with one attached hydrogen (secondary N) is 1. The molecule has 0 aliphatic carbocycles. The summed E-state index contributed by atoms with van der Waals surface area (Å²) >= 11 is 0. The standard InChI is InChI=1S/C19H20N4/c1-19(15-7-3-2-4-8-15)13-20-11-12-23(19)18-16-9-5-6-10-17(16)21-14-22-18/h2-10,14,20H,11-13H2,1H3. The molecule has 1 unspecified atom stereocenters. The SMILES string of the molecule is CC1(c2ccccc2)CNCCN1c1ncnc2ccccc12. The van der Waals surface area contributed by atoms with E-state index in [0.29, 0.717) is 0 Å². The fourth-order valence-electron chi connectivity index (χ4n) is 3.47. The molecule has 4 heteroatoms. The molecule has 1 saturated heterocycles. The van der Waals surface area contributed by atoms with Crippen molar-refractivity contribution in [2.75, 3.05) is 24.5 Å². The molecule has 2 heterocycles. The van der Waals surface area contributed by atoms with Crippen molar-refractivity contribution in [3.63, 3.8) is 0 Å². The van der Waals surface area contributed by atoms with Gasteiger partial charge in [0.15, 0.2) is 0 Å². The Kier molecular flexibility index (Phi) is 3.46. The van der Waals surface area contributed by atoms with Gasteiger partial charge in [0, 0.05) is 25.0 Å². The number of fused-ring (bicyclic) bond motifs is 1. The number of nitrogens with zero attached hydrogens (tertiary/aromatic N) is 3. The highest BCUT2D eigenvalue weighted by Crippen LogP contribution is 2.35. The van der Waals surface area contributed by atoms with Gasteiger partial charge in [-0.2, -0.15) is 0 Å². The molecule has 3 aromatic rings. The van der Waals surface area contributed by atoms with Crippen molar-refractivity contribution in [2.24, 2.45) is 0 Å². The predicted molar refractivity (Wildman–Crippen MR) is 93.5 cm³/mol. The molecule has 1 atom stereocenters. The zero-order chi connectivity index (χ0) is 15.7. The lowest BCUT2D eigenvalue weighted by Gasteiger charge is -2.46. The van der Waals surface area contributed by atoms with Crippen molar-refractivity contribution in [3.05, 3.63) is 66.5 Å². The fourth-order valence-corrected chi connectivity index (χ4v) is 3.47. The summed E-state index contributed by atoms with van der Waals surface area (Å²) in [6.45, 7) is 5.06. The second kappa shape index (κ2) is 5.63. The average Bonchev–Trinajstić information content (AvgIpc) is 2.62. The Morgan fingerprint density at radius 3 is 2.65 bits per heavy atom. The minimum absolute atomic E-state index is 0.128. The highest BCUT2D eigenvalue weighted by atomic mass is 15.3. The van der Waals surface area contributed by atoms with Crippen LogP contribution in [0.15, 0.2) is 60.9 Å². The van der Waals surface area contributed by atoms with Crippen LogP contribution >= 0.6 is 0 Å². The number of benzene rings is 2. The number of para-hydroxylation sites is 1. The molecule has 4 rings (SSSR count). The zero-order valence-corrected chi connectivity index (χ0v) is 13.2. The summed E-state index contributed by atoms with van der Waals surface area (Å²) in [7, 11) is 0. The van der Waals surface area contributed by atoms with Crippen LogP contribution in [0.25, 0.3) is 10.9 Å². The predicted octanol–water partition coefficient (Wildman–Crippen LogP) is 2.95. The smallest absolute Gasteiger partial charge is 0.140 e. The van der Waals surface area contributed by atoms with Crippen LogP contribution in [0, 0.1) is 0 Å². The normalized spacial score (nSPS) is 21.5. The van der Waals surface area contributed by atoms with Crippen LogP contribution in [0.1, 0.15) is 12.5 Å². The van der Waals surface area contributed by atoms with Crippen LogP contribution < -0.4 is 10.2 Å². The van der Waals surface area contributed by atoms with Crippen LogP contribution in [0.3, 0.4) is 0 Å². The Hall–Kier alpha value is -2.46. The number of anilines is 1. The minimum Gasteiger partial charge on any atom is -0.344 e. The van der Waals surface area contributed by atoms with E-state index in [0.717, 1.165) is 36.4 Å². The van der Waals surface area contributed by atoms with Gasteiger partial charge in [-0.25, -0.2) is 9.97 Å². The van der Waals surface area contributed by atoms with E-state index in [2.05, 4.69) is 69.6 Å². The first-order chi connectivity index (χ1) is 11.3. The van der Waals surface area contributed by atoms with Crippen LogP contribution in [-0.2, 0) is 5.54 Å². The first-order valence-corrected chi connectivity index (χ1v) is 8.03. The fraction of sp³-hybridized carbons (Fsp3) is 0.263. The monoisotopic (exact) mass is 304 g/mol. The summed E-state index contributed by atoms with van der Waals surface area (Å²) in [5, 5.41) is 4.65. The summed E-state index contributed by atoms with van der Waals surface area (Å²) in [5.41, 5.74) is 2.16.